The highest BCUT2D eigenvalue weighted by Gasteiger charge is 2.33. The molecule has 1 fully saturated rings. The van der Waals surface area contributed by atoms with E-state index in [4.69, 9.17) is 9.52 Å². The molecule has 2 rings (SSSR count). The first-order chi connectivity index (χ1) is 9.52. The normalized spacial score (nSPS) is 22.0. The summed E-state index contributed by atoms with van der Waals surface area (Å²) in [6.07, 6.45) is 0.864. The zero-order valence-corrected chi connectivity index (χ0v) is 11.2. The van der Waals surface area contributed by atoms with Crippen LogP contribution in [0.3, 0.4) is 0 Å². The van der Waals surface area contributed by atoms with Crippen molar-refractivity contribution in [3.8, 4) is 0 Å². The molecule has 1 aromatic heterocycles. The number of hydrogen-bond acceptors (Lipinski definition) is 4. The van der Waals surface area contributed by atoms with Crippen molar-refractivity contribution in [3.05, 3.63) is 23.7 Å². The molecule has 3 N–H and O–H groups in total. The molecule has 110 valence electrons. The molecule has 7 heteroatoms. The van der Waals surface area contributed by atoms with Gasteiger partial charge >= 0.3 is 12.0 Å². The van der Waals surface area contributed by atoms with Crippen molar-refractivity contribution in [1.82, 2.24) is 10.2 Å². The maximum atomic E-state index is 12.0. The van der Waals surface area contributed by atoms with Crippen LogP contribution in [-0.4, -0.2) is 46.3 Å². The van der Waals surface area contributed by atoms with Gasteiger partial charge in [0, 0.05) is 6.54 Å². The first kappa shape index (κ1) is 14.4. The maximum absolute atomic E-state index is 12.0. The fourth-order valence-corrected chi connectivity index (χ4v) is 2.39. The minimum absolute atomic E-state index is 0.0570. The number of carboxylic acids is 1. The van der Waals surface area contributed by atoms with Crippen LogP contribution in [0.4, 0.5) is 4.79 Å². The van der Waals surface area contributed by atoms with Gasteiger partial charge in [0.2, 0.25) is 5.76 Å². The average Bonchev–Trinajstić information content (AvgIpc) is 3.02. The molecule has 1 aromatic rings. The lowest BCUT2D eigenvalue weighted by atomic mass is 10.0. The van der Waals surface area contributed by atoms with Crippen molar-refractivity contribution in [2.75, 3.05) is 13.2 Å². The number of likely N-dealkylation sites (tertiary alicyclic amines) is 1. The molecule has 2 amide bonds. The third-order valence-electron chi connectivity index (χ3n) is 3.62. The summed E-state index contributed by atoms with van der Waals surface area (Å²) in [5.74, 6) is -0.648. The highest BCUT2D eigenvalue weighted by Crippen LogP contribution is 2.23. The number of aliphatic hydroxyl groups excluding tert-OH is 1. The van der Waals surface area contributed by atoms with Crippen molar-refractivity contribution in [2.24, 2.45) is 5.92 Å². The van der Waals surface area contributed by atoms with Crippen LogP contribution >= 0.6 is 0 Å². The predicted molar refractivity (Wildman–Crippen MR) is 69.3 cm³/mol. The van der Waals surface area contributed by atoms with E-state index in [1.807, 2.05) is 6.92 Å². The highest BCUT2D eigenvalue weighted by molar-refractivity contribution is 5.84. The SMILES string of the molecule is CC1CCN(C(=O)NCc2ccc(C(=O)O)o2)C1CO. The Kier molecular flexibility index (Phi) is 4.29. The summed E-state index contributed by atoms with van der Waals surface area (Å²) in [5.41, 5.74) is 0. The number of furan rings is 1. The Bertz CT molecular complexity index is 499. The lowest BCUT2D eigenvalue weighted by molar-refractivity contribution is 0.0660. The Morgan fingerprint density at radius 1 is 1.50 bits per heavy atom. The van der Waals surface area contributed by atoms with Crippen LogP contribution in [0.1, 0.15) is 29.7 Å². The summed E-state index contributed by atoms with van der Waals surface area (Å²) in [4.78, 5) is 24.3. The average molecular weight is 282 g/mol. The molecule has 0 aromatic carbocycles. The smallest absolute Gasteiger partial charge is 0.371 e. The number of nitrogens with one attached hydrogen (secondary N) is 1. The molecule has 0 radical (unpaired) electrons. The molecule has 0 saturated carbocycles. The van der Waals surface area contributed by atoms with E-state index in [1.54, 1.807) is 4.90 Å². The van der Waals surface area contributed by atoms with Crippen molar-refractivity contribution >= 4 is 12.0 Å². The van der Waals surface area contributed by atoms with Crippen LogP contribution in [0.5, 0.6) is 0 Å². The molecule has 20 heavy (non-hydrogen) atoms. The van der Waals surface area contributed by atoms with Gasteiger partial charge in [0.15, 0.2) is 0 Å². The molecule has 7 nitrogen and oxygen atoms in total. The number of nitrogens with zero attached hydrogens (tertiary/aromatic N) is 1. The number of carbonyl (C=O) groups excluding carboxylic acids is 1. The monoisotopic (exact) mass is 282 g/mol. The largest absolute Gasteiger partial charge is 0.475 e. The molecule has 0 bridgehead atoms. The Balaban J connectivity index is 1.90. The second-order valence-corrected chi connectivity index (χ2v) is 4.94. The highest BCUT2D eigenvalue weighted by atomic mass is 16.4. The molecule has 2 unspecified atom stereocenters. The molecule has 1 saturated heterocycles. The second kappa shape index (κ2) is 5.96. The van der Waals surface area contributed by atoms with Crippen LogP contribution in [0.25, 0.3) is 0 Å². The second-order valence-electron chi connectivity index (χ2n) is 4.94. The van der Waals surface area contributed by atoms with Crippen LogP contribution in [0, 0.1) is 5.92 Å². The first-order valence-corrected chi connectivity index (χ1v) is 6.50. The Morgan fingerprint density at radius 3 is 2.85 bits per heavy atom. The van der Waals surface area contributed by atoms with Gasteiger partial charge in [-0.15, -0.1) is 0 Å². The molecule has 0 aliphatic carbocycles. The van der Waals surface area contributed by atoms with Crippen LogP contribution in [0.15, 0.2) is 16.5 Å². The number of rotatable bonds is 4. The number of aliphatic hydroxyl groups is 1. The van der Waals surface area contributed by atoms with Crippen molar-refractivity contribution in [2.45, 2.75) is 25.9 Å². The van der Waals surface area contributed by atoms with Crippen molar-refractivity contribution in [3.63, 3.8) is 0 Å². The van der Waals surface area contributed by atoms with E-state index in [-0.39, 0.29) is 36.9 Å². The number of aromatic carboxylic acids is 1. The van der Waals surface area contributed by atoms with Crippen LogP contribution in [-0.2, 0) is 6.54 Å². The lowest BCUT2D eigenvalue weighted by Gasteiger charge is -2.25. The summed E-state index contributed by atoms with van der Waals surface area (Å²) in [6, 6.07) is 2.42. The molecule has 0 spiro atoms. The van der Waals surface area contributed by atoms with E-state index in [0.717, 1.165) is 6.42 Å². The van der Waals surface area contributed by atoms with Gasteiger partial charge in [0.25, 0.3) is 0 Å². The summed E-state index contributed by atoms with van der Waals surface area (Å²) < 4.78 is 5.05. The van der Waals surface area contributed by atoms with Crippen LogP contribution in [0.2, 0.25) is 0 Å². The predicted octanol–water partition coefficient (Wildman–Crippen LogP) is 0.890. The number of carbonyl (C=O) groups is 2. The summed E-state index contributed by atoms with van der Waals surface area (Å²) in [6.45, 7) is 2.67. The van der Waals surface area contributed by atoms with E-state index < -0.39 is 5.97 Å². The maximum Gasteiger partial charge on any atom is 0.371 e. The van der Waals surface area contributed by atoms with Crippen LogP contribution < -0.4 is 5.32 Å². The number of amides is 2. The number of hydrogen-bond donors (Lipinski definition) is 3. The molecular formula is C13H18N2O5. The molecule has 2 atom stereocenters. The van der Waals surface area contributed by atoms with Gasteiger partial charge in [-0.25, -0.2) is 9.59 Å². The third-order valence-corrected chi connectivity index (χ3v) is 3.62. The summed E-state index contributed by atoms with van der Waals surface area (Å²) >= 11 is 0. The quantitative estimate of drug-likeness (QED) is 0.761. The standard InChI is InChI=1S/C13H18N2O5/c1-8-4-5-15(10(8)7-16)13(19)14-6-9-2-3-11(20-9)12(17)18/h2-3,8,10,16H,4-7H2,1H3,(H,14,19)(H,17,18). The van der Waals surface area contributed by atoms with Gasteiger partial charge in [0.05, 0.1) is 19.2 Å². The van der Waals surface area contributed by atoms with E-state index in [0.29, 0.717) is 12.3 Å². The van der Waals surface area contributed by atoms with Gasteiger partial charge in [0.1, 0.15) is 5.76 Å². The fourth-order valence-electron chi connectivity index (χ4n) is 2.39. The van der Waals surface area contributed by atoms with E-state index in [2.05, 4.69) is 5.32 Å². The molecule has 1 aliphatic rings. The molecule has 1 aliphatic heterocycles. The number of urea groups is 1. The topological polar surface area (TPSA) is 103 Å². The molecular weight excluding hydrogens is 264 g/mol. The van der Waals surface area contributed by atoms with Crippen molar-refractivity contribution < 1.29 is 24.2 Å². The third kappa shape index (κ3) is 2.93. The van der Waals surface area contributed by atoms with E-state index in [1.165, 1.54) is 12.1 Å². The van der Waals surface area contributed by atoms with E-state index in [9.17, 15) is 14.7 Å². The van der Waals surface area contributed by atoms with Gasteiger partial charge in [-0.2, -0.15) is 0 Å². The van der Waals surface area contributed by atoms with Gasteiger partial charge < -0.3 is 24.8 Å². The lowest BCUT2D eigenvalue weighted by Crippen LogP contribution is -2.45. The van der Waals surface area contributed by atoms with Gasteiger partial charge in [-0.3, -0.25) is 0 Å². The minimum atomic E-state index is -1.14. The van der Waals surface area contributed by atoms with Gasteiger partial charge in [-0.05, 0) is 24.5 Å². The Labute approximate surface area is 116 Å². The Hall–Kier alpha value is -2.02. The zero-order chi connectivity index (χ0) is 14.7. The summed E-state index contributed by atoms with van der Waals surface area (Å²) in [5, 5.41) is 20.7. The Morgan fingerprint density at radius 2 is 2.25 bits per heavy atom. The first-order valence-electron chi connectivity index (χ1n) is 6.50. The fraction of sp³-hybridized carbons (Fsp3) is 0.538. The number of carboxylic acid groups (broad SMARTS) is 1. The van der Waals surface area contributed by atoms with E-state index >= 15 is 0 Å². The molecule has 2 heterocycles. The van der Waals surface area contributed by atoms with Gasteiger partial charge in [-0.1, -0.05) is 6.92 Å². The summed E-state index contributed by atoms with van der Waals surface area (Å²) in [7, 11) is 0. The zero-order valence-electron chi connectivity index (χ0n) is 11.2. The minimum Gasteiger partial charge on any atom is -0.475 e. The van der Waals surface area contributed by atoms with Crippen molar-refractivity contribution in [1.29, 1.82) is 0 Å².